The number of anilines is 1. The maximum atomic E-state index is 12.6. The number of hydrogen-bond acceptors (Lipinski definition) is 6. The van der Waals surface area contributed by atoms with Gasteiger partial charge in [0.15, 0.2) is 5.13 Å². The zero-order chi connectivity index (χ0) is 18.6. The van der Waals surface area contributed by atoms with Crippen molar-refractivity contribution in [2.75, 3.05) is 38.2 Å². The fourth-order valence-corrected chi connectivity index (χ4v) is 4.71. The van der Waals surface area contributed by atoms with Crippen LogP contribution in [0.5, 0.6) is 5.75 Å². The smallest absolute Gasteiger partial charge is 0.227 e. The average Bonchev–Trinajstić information content (AvgIpc) is 3.40. The van der Waals surface area contributed by atoms with E-state index < -0.39 is 0 Å². The van der Waals surface area contributed by atoms with Crippen molar-refractivity contribution in [2.24, 2.45) is 0 Å². The van der Waals surface area contributed by atoms with Crippen molar-refractivity contribution >= 4 is 33.7 Å². The quantitative estimate of drug-likeness (QED) is 0.655. The molecule has 1 aliphatic heterocycles. The van der Waals surface area contributed by atoms with E-state index in [0.717, 1.165) is 48.3 Å². The summed E-state index contributed by atoms with van der Waals surface area (Å²) < 4.78 is 5.24. The summed E-state index contributed by atoms with van der Waals surface area (Å²) in [6, 6.07) is 9.81. The molecule has 1 aromatic carbocycles. The third-order valence-corrected chi connectivity index (χ3v) is 6.29. The number of piperazine rings is 1. The highest BCUT2D eigenvalue weighted by atomic mass is 32.1. The van der Waals surface area contributed by atoms with Crippen LogP contribution in [-0.4, -0.2) is 49.1 Å². The van der Waals surface area contributed by atoms with Crippen LogP contribution in [0.3, 0.4) is 0 Å². The minimum Gasteiger partial charge on any atom is -0.497 e. The molecule has 0 radical (unpaired) electrons. The van der Waals surface area contributed by atoms with E-state index in [1.807, 2.05) is 29.2 Å². The fourth-order valence-electron chi connectivity index (χ4n) is 3.17. The Morgan fingerprint density at radius 3 is 2.78 bits per heavy atom. The summed E-state index contributed by atoms with van der Waals surface area (Å²) >= 11 is 3.36. The Morgan fingerprint density at radius 2 is 2.04 bits per heavy atom. The molecule has 2 aromatic heterocycles. The minimum absolute atomic E-state index is 0.168. The highest BCUT2D eigenvalue weighted by molar-refractivity contribution is 7.14. The molecule has 0 N–H and O–H groups in total. The van der Waals surface area contributed by atoms with Crippen molar-refractivity contribution < 1.29 is 9.53 Å². The minimum atomic E-state index is 0.168. The molecule has 0 aliphatic carbocycles. The van der Waals surface area contributed by atoms with E-state index in [1.165, 1.54) is 5.56 Å². The number of nitrogens with zero attached hydrogens (tertiary/aromatic N) is 3. The lowest BCUT2D eigenvalue weighted by Gasteiger charge is -2.34. The molecule has 7 heteroatoms. The number of amides is 1. The molecule has 3 heterocycles. The van der Waals surface area contributed by atoms with Crippen molar-refractivity contribution in [3.8, 4) is 17.0 Å². The highest BCUT2D eigenvalue weighted by Crippen LogP contribution is 2.29. The number of carbonyl (C=O) groups is 1. The third-order valence-electron chi connectivity index (χ3n) is 4.70. The summed E-state index contributed by atoms with van der Waals surface area (Å²) in [5.74, 6) is 0.955. The third kappa shape index (κ3) is 4.14. The maximum absolute atomic E-state index is 12.6. The van der Waals surface area contributed by atoms with Crippen molar-refractivity contribution in [3.05, 3.63) is 52.0 Å². The van der Waals surface area contributed by atoms with Crippen LogP contribution in [0, 0.1) is 0 Å². The predicted octanol–water partition coefficient (Wildman–Crippen LogP) is 3.77. The lowest BCUT2D eigenvalue weighted by Crippen LogP contribution is -2.49. The van der Waals surface area contributed by atoms with Gasteiger partial charge in [-0.1, -0.05) is 12.1 Å². The number of carbonyl (C=O) groups excluding carboxylic acids is 1. The Balaban J connectivity index is 1.34. The van der Waals surface area contributed by atoms with E-state index in [1.54, 1.807) is 29.8 Å². The van der Waals surface area contributed by atoms with Crippen LogP contribution in [0.2, 0.25) is 0 Å². The molecular weight excluding hydrogens is 378 g/mol. The molecule has 0 atom stereocenters. The lowest BCUT2D eigenvalue weighted by molar-refractivity contribution is -0.130. The molecule has 27 heavy (non-hydrogen) atoms. The second kappa shape index (κ2) is 8.10. The molecule has 0 bridgehead atoms. The molecule has 0 saturated carbocycles. The molecule has 1 saturated heterocycles. The SMILES string of the molecule is COc1cccc(CC(=O)N2CCN(c3nc(-c4ccsc4)cs3)CC2)c1. The van der Waals surface area contributed by atoms with Crippen LogP contribution in [0.25, 0.3) is 11.3 Å². The Bertz CT molecular complexity index is 900. The first-order chi connectivity index (χ1) is 13.2. The van der Waals surface area contributed by atoms with Crippen LogP contribution >= 0.6 is 22.7 Å². The van der Waals surface area contributed by atoms with Gasteiger partial charge in [0.1, 0.15) is 5.75 Å². The van der Waals surface area contributed by atoms with Gasteiger partial charge in [0, 0.05) is 42.5 Å². The highest BCUT2D eigenvalue weighted by Gasteiger charge is 2.23. The molecule has 1 aliphatic rings. The molecular formula is C20H21N3O2S2. The summed E-state index contributed by atoms with van der Waals surface area (Å²) in [7, 11) is 1.64. The van der Waals surface area contributed by atoms with Gasteiger partial charge in [-0.15, -0.1) is 11.3 Å². The lowest BCUT2D eigenvalue weighted by atomic mass is 10.1. The number of hydrogen-bond donors (Lipinski definition) is 0. The van der Waals surface area contributed by atoms with Crippen molar-refractivity contribution in [1.82, 2.24) is 9.88 Å². The fraction of sp³-hybridized carbons (Fsp3) is 0.300. The van der Waals surface area contributed by atoms with Gasteiger partial charge in [-0.05, 0) is 29.1 Å². The van der Waals surface area contributed by atoms with Crippen LogP contribution in [0.1, 0.15) is 5.56 Å². The topological polar surface area (TPSA) is 45.7 Å². The summed E-state index contributed by atoms with van der Waals surface area (Å²) in [4.78, 5) is 21.6. The number of thiophene rings is 1. The van der Waals surface area contributed by atoms with Gasteiger partial charge in [0.05, 0.1) is 19.2 Å². The van der Waals surface area contributed by atoms with Gasteiger partial charge in [-0.25, -0.2) is 4.98 Å². The van der Waals surface area contributed by atoms with Crippen LogP contribution in [0.4, 0.5) is 5.13 Å². The Labute approximate surface area is 166 Å². The molecule has 140 valence electrons. The van der Waals surface area contributed by atoms with Crippen LogP contribution < -0.4 is 9.64 Å². The second-order valence-corrected chi connectivity index (χ2v) is 8.04. The standard InChI is InChI=1S/C20H21N3O2S2/c1-25-17-4-2-3-15(11-17)12-19(24)22-6-8-23(9-7-22)20-21-18(14-27-20)16-5-10-26-13-16/h2-5,10-11,13-14H,6-9,12H2,1H3. The Kier molecular flexibility index (Phi) is 5.40. The number of thiazole rings is 1. The Morgan fingerprint density at radius 1 is 1.19 bits per heavy atom. The van der Waals surface area contributed by atoms with Gasteiger partial charge in [-0.3, -0.25) is 4.79 Å². The molecule has 0 spiro atoms. The Hall–Kier alpha value is -2.38. The van der Waals surface area contributed by atoms with E-state index in [0.29, 0.717) is 6.42 Å². The summed E-state index contributed by atoms with van der Waals surface area (Å²) in [6.07, 6.45) is 0.413. The summed E-state index contributed by atoms with van der Waals surface area (Å²) in [6.45, 7) is 3.10. The zero-order valence-electron chi connectivity index (χ0n) is 15.1. The monoisotopic (exact) mass is 399 g/mol. The molecule has 3 aromatic rings. The number of aromatic nitrogens is 1. The second-order valence-electron chi connectivity index (χ2n) is 6.42. The first-order valence-corrected chi connectivity index (χ1v) is 10.7. The first kappa shape index (κ1) is 18.0. The van der Waals surface area contributed by atoms with Crippen LogP contribution in [-0.2, 0) is 11.2 Å². The number of rotatable bonds is 5. The van der Waals surface area contributed by atoms with E-state index in [4.69, 9.17) is 9.72 Å². The number of benzene rings is 1. The summed E-state index contributed by atoms with van der Waals surface area (Å²) in [5.41, 5.74) is 3.20. The largest absolute Gasteiger partial charge is 0.497 e. The van der Waals surface area contributed by atoms with E-state index in [9.17, 15) is 4.79 Å². The number of methoxy groups -OCH3 is 1. The van der Waals surface area contributed by atoms with Crippen molar-refractivity contribution in [2.45, 2.75) is 6.42 Å². The normalized spacial score (nSPS) is 14.4. The first-order valence-electron chi connectivity index (χ1n) is 8.86. The van der Waals surface area contributed by atoms with Crippen molar-refractivity contribution in [3.63, 3.8) is 0 Å². The summed E-state index contributed by atoms with van der Waals surface area (Å²) in [5, 5.41) is 7.34. The number of ether oxygens (including phenoxy) is 1. The van der Waals surface area contributed by atoms with E-state index >= 15 is 0 Å². The predicted molar refractivity (Wildman–Crippen MR) is 111 cm³/mol. The molecule has 1 fully saturated rings. The van der Waals surface area contributed by atoms with Crippen molar-refractivity contribution in [1.29, 1.82) is 0 Å². The molecule has 5 nitrogen and oxygen atoms in total. The van der Waals surface area contributed by atoms with E-state index in [-0.39, 0.29) is 5.91 Å². The van der Waals surface area contributed by atoms with Gasteiger partial charge in [0.25, 0.3) is 0 Å². The maximum Gasteiger partial charge on any atom is 0.227 e. The molecule has 1 amide bonds. The molecule has 4 rings (SSSR count). The van der Waals surface area contributed by atoms with Gasteiger partial charge in [-0.2, -0.15) is 11.3 Å². The van der Waals surface area contributed by atoms with Gasteiger partial charge in [0.2, 0.25) is 5.91 Å². The van der Waals surface area contributed by atoms with E-state index in [2.05, 4.69) is 27.1 Å². The average molecular weight is 400 g/mol. The van der Waals surface area contributed by atoms with Gasteiger partial charge < -0.3 is 14.5 Å². The zero-order valence-corrected chi connectivity index (χ0v) is 16.8. The molecule has 0 unspecified atom stereocenters. The van der Waals surface area contributed by atoms with Crippen LogP contribution in [0.15, 0.2) is 46.5 Å². The van der Waals surface area contributed by atoms with Gasteiger partial charge >= 0.3 is 0 Å².